The molecule has 0 aliphatic rings. The Hall–Kier alpha value is -1.01. The molecular weight excluding hydrogens is 303 g/mol. The van der Waals surface area contributed by atoms with E-state index in [1.165, 1.54) is 7.11 Å². The van der Waals surface area contributed by atoms with Crippen molar-refractivity contribution in [2.45, 2.75) is 12.5 Å². The molecule has 0 aliphatic carbocycles. The third-order valence-electron chi connectivity index (χ3n) is 2.64. The van der Waals surface area contributed by atoms with E-state index in [-0.39, 0.29) is 24.9 Å². The SMILES string of the molecule is COCC(N)C(=O)NCCc1ccc(OC)cc1Cl.Cl. The van der Waals surface area contributed by atoms with Gasteiger partial charge < -0.3 is 20.5 Å². The minimum absolute atomic E-state index is 0. The Labute approximate surface area is 130 Å². The van der Waals surface area contributed by atoms with Gasteiger partial charge in [-0.1, -0.05) is 17.7 Å². The molecule has 1 aromatic carbocycles. The molecule has 1 unspecified atom stereocenters. The second-order valence-electron chi connectivity index (χ2n) is 4.06. The smallest absolute Gasteiger partial charge is 0.239 e. The number of methoxy groups -OCH3 is 2. The zero-order chi connectivity index (χ0) is 14.3. The quantitative estimate of drug-likeness (QED) is 0.796. The molecule has 0 saturated heterocycles. The van der Waals surface area contributed by atoms with Crippen LogP contribution >= 0.6 is 24.0 Å². The topological polar surface area (TPSA) is 73.6 Å². The molecule has 114 valence electrons. The van der Waals surface area contributed by atoms with Gasteiger partial charge in [0.05, 0.1) is 13.7 Å². The van der Waals surface area contributed by atoms with E-state index in [0.29, 0.717) is 23.7 Å². The van der Waals surface area contributed by atoms with Gasteiger partial charge in [0.15, 0.2) is 0 Å². The maximum atomic E-state index is 11.5. The molecule has 20 heavy (non-hydrogen) atoms. The summed E-state index contributed by atoms with van der Waals surface area (Å²) in [6.45, 7) is 0.678. The summed E-state index contributed by atoms with van der Waals surface area (Å²) < 4.78 is 9.88. The third-order valence-corrected chi connectivity index (χ3v) is 2.99. The van der Waals surface area contributed by atoms with Crippen LogP contribution in [0.3, 0.4) is 0 Å². The number of ether oxygens (including phenoxy) is 2. The van der Waals surface area contributed by atoms with Crippen LogP contribution in [0, 0.1) is 0 Å². The Kier molecular flexibility index (Phi) is 9.33. The van der Waals surface area contributed by atoms with Crippen molar-refractivity contribution in [2.24, 2.45) is 5.73 Å². The van der Waals surface area contributed by atoms with Crippen molar-refractivity contribution >= 4 is 29.9 Å². The highest BCUT2D eigenvalue weighted by Gasteiger charge is 2.12. The van der Waals surface area contributed by atoms with Crippen LogP contribution in [0.2, 0.25) is 5.02 Å². The standard InChI is InChI=1S/C13H19ClN2O3.ClH/c1-18-8-12(15)13(17)16-6-5-9-3-4-10(19-2)7-11(9)14;/h3-4,7,12H,5-6,8,15H2,1-2H3,(H,16,17);1H. The summed E-state index contributed by atoms with van der Waals surface area (Å²) in [6.07, 6.45) is 0.633. The van der Waals surface area contributed by atoms with Crippen molar-refractivity contribution in [3.8, 4) is 5.75 Å². The van der Waals surface area contributed by atoms with Gasteiger partial charge in [0.1, 0.15) is 11.8 Å². The number of amides is 1. The molecule has 1 aromatic rings. The van der Waals surface area contributed by atoms with Crippen molar-refractivity contribution in [3.05, 3.63) is 28.8 Å². The van der Waals surface area contributed by atoms with Gasteiger partial charge in [0.2, 0.25) is 5.91 Å². The normalized spacial score (nSPS) is 11.4. The van der Waals surface area contributed by atoms with E-state index in [9.17, 15) is 4.79 Å². The predicted molar refractivity (Wildman–Crippen MR) is 81.8 cm³/mol. The van der Waals surface area contributed by atoms with Gasteiger partial charge >= 0.3 is 0 Å². The Bertz CT molecular complexity index is 430. The van der Waals surface area contributed by atoms with Crippen LogP contribution in [-0.2, 0) is 16.0 Å². The molecule has 0 aromatic heterocycles. The van der Waals surface area contributed by atoms with E-state index in [4.69, 9.17) is 26.8 Å². The second-order valence-corrected chi connectivity index (χ2v) is 4.47. The van der Waals surface area contributed by atoms with E-state index in [1.54, 1.807) is 13.2 Å². The molecule has 7 heteroatoms. The molecule has 0 bridgehead atoms. The summed E-state index contributed by atoms with van der Waals surface area (Å²) in [4.78, 5) is 11.5. The number of carbonyl (C=O) groups is 1. The summed E-state index contributed by atoms with van der Waals surface area (Å²) in [5.74, 6) is 0.478. The number of nitrogens with two attached hydrogens (primary N) is 1. The molecule has 1 amide bonds. The van der Waals surface area contributed by atoms with Crippen molar-refractivity contribution in [3.63, 3.8) is 0 Å². The fraction of sp³-hybridized carbons (Fsp3) is 0.462. The lowest BCUT2D eigenvalue weighted by atomic mass is 10.1. The van der Waals surface area contributed by atoms with Crippen LogP contribution in [0.15, 0.2) is 18.2 Å². The van der Waals surface area contributed by atoms with Gasteiger partial charge in [-0.15, -0.1) is 12.4 Å². The number of nitrogens with one attached hydrogen (secondary N) is 1. The lowest BCUT2D eigenvalue weighted by Gasteiger charge is -2.12. The van der Waals surface area contributed by atoms with Crippen molar-refractivity contribution < 1.29 is 14.3 Å². The second kappa shape index (κ2) is 9.83. The molecular formula is C13H20Cl2N2O3. The Morgan fingerprint density at radius 1 is 1.45 bits per heavy atom. The van der Waals surface area contributed by atoms with Crippen LogP contribution in [0.4, 0.5) is 0 Å². The van der Waals surface area contributed by atoms with E-state index >= 15 is 0 Å². The van der Waals surface area contributed by atoms with Crippen molar-refractivity contribution in [2.75, 3.05) is 27.4 Å². The molecule has 0 spiro atoms. The zero-order valence-electron chi connectivity index (χ0n) is 11.5. The first-order chi connectivity index (χ1) is 9.08. The summed E-state index contributed by atoms with van der Waals surface area (Å²) in [6, 6.07) is 4.81. The molecule has 1 atom stereocenters. The number of hydrogen-bond acceptors (Lipinski definition) is 4. The van der Waals surface area contributed by atoms with Crippen molar-refractivity contribution in [1.82, 2.24) is 5.32 Å². The fourth-order valence-electron chi connectivity index (χ4n) is 1.56. The minimum atomic E-state index is -0.642. The molecule has 0 fully saturated rings. The molecule has 0 saturated carbocycles. The average molecular weight is 323 g/mol. The van der Waals surface area contributed by atoms with Gasteiger partial charge in [-0.05, 0) is 24.1 Å². The number of carbonyl (C=O) groups excluding carboxylic acids is 1. The molecule has 0 heterocycles. The highest BCUT2D eigenvalue weighted by atomic mass is 35.5. The maximum Gasteiger partial charge on any atom is 0.239 e. The Morgan fingerprint density at radius 3 is 2.70 bits per heavy atom. The van der Waals surface area contributed by atoms with E-state index < -0.39 is 6.04 Å². The Balaban J connectivity index is 0.00000361. The number of benzene rings is 1. The van der Waals surface area contributed by atoms with Gasteiger partial charge in [0, 0.05) is 18.7 Å². The van der Waals surface area contributed by atoms with Gasteiger partial charge in [0.25, 0.3) is 0 Å². The van der Waals surface area contributed by atoms with Gasteiger partial charge in [-0.2, -0.15) is 0 Å². The van der Waals surface area contributed by atoms with Crippen LogP contribution in [0.1, 0.15) is 5.56 Å². The zero-order valence-corrected chi connectivity index (χ0v) is 13.1. The monoisotopic (exact) mass is 322 g/mol. The fourth-order valence-corrected chi connectivity index (χ4v) is 1.83. The first-order valence-electron chi connectivity index (χ1n) is 5.93. The maximum absolute atomic E-state index is 11.5. The highest BCUT2D eigenvalue weighted by Crippen LogP contribution is 2.22. The van der Waals surface area contributed by atoms with Crippen LogP contribution in [0.5, 0.6) is 5.75 Å². The van der Waals surface area contributed by atoms with Gasteiger partial charge in [-0.25, -0.2) is 0 Å². The number of hydrogen-bond donors (Lipinski definition) is 2. The summed E-state index contributed by atoms with van der Waals surface area (Å²) in [7, 11) is 3.09. The third kappa shape index (κ3) is 5.96. The van der Waals surface area contributed by atoms with Crippen molar-refractivity contribution in [1.29, 1.82) is 0 Å². The minimum Gasteiger partial charge on any atom is -0.497 e. The first-order valence-corrected chi connectivity index (χ1v) is 6.31. The largest absolute Gasteiger partial charge is 0.497 e. The molecule has 1 rings (SSSR count). The lowest BCUT2D eigenvalue weighted by molar-refractivity contribution is -0.123. The molecule has 3 N–H and O–H groups in total. The Morgan fingerprint density at radius 2 is 2.15 bits per heavy atom. The molecule has 0 aliphatic heterocycles. The van der Waals surface area contributed by atoms with Crippen LogP contribution in [0.25, 0.3) is 0 Å². The summed E-state index contributed by atoms with van der Waals surface area (Å²) >= 11 is 6.10. The highest BCUT2D eigenvalue weighted by molar-refractivity contribution is 6.31. The number of rotatable bonds is 7. The molecule has 0 radical (unpaired) electrons. The van der Waals surface area contributed by atoms with Gasteiger partial charge in [-0.3, -0.25) is 4.79 Å². The van der Waals surface area contributed by atoms with E-state index in [2.05, 4.69) is 5.32 Å². The lowest BCUT2D eigenvalue weighted by Crippen LogP contribution is -2.44. The predicted octanol–water partition coefficient (Wildman–Crippen LogP) is 1.40. The van der Waals surface area contributed by atoms with E-state index in [1.807, 2.05) is 12.1 Å². The summed E-state index contributed by atoms with van der Waals surface area (Å²) in [5.41, 5.74) is 6.54. The van der Waals surface area contributed by atoms with Crippen LogP contribution in [-0.4, -0.2) is 39.3 Å². The number of halogens is 2. The summed E-state index contributed by atoms with van der Waals surface area (Å²) in [5, 5.41) is 3.36. The average Bonchev–Trinajstić information content (AvgIpc) is 2.40. The van der Waals surface area contributed by atoms with E-state index in [0.717, 1.165) is 5.56 Å². The van der Waals surface area contributed by atoms with Crippen LogP contribution < -0.4 is 15.8 Å². The first kappa shape index (κ1) is 19.0. The molecule has 5 nitrogen and oxygen atoms in total.